The highest BCUT2D eigenvalue weighted by Crippen LogP contribution is 2.25. The van der Waals surface area contributed by atoms with Crippen LogP contribution in [-0.4, -0.2) is 289 Å². The summed E-state index contributed by atoms with van der Waals surface area (Å²) in [5.74, 6) is -17.8. The number of hydrogen-bond acceptors (Lipinski definition) is 23. The molecule has 4 rings (SSSR count). The second kappa shape index (κ2) is 48.9. The van der Waals surface area contributed by atoms with Crippen LogP contribution >= 0.6 is 11.8 Å². The van der Waals surface area contributed by atoms with Gasteiger partial charge in [-0.15, -0.1) is 0 Å². The highest BCUT2D eigenvalue weighted by Gasteiger charge is 2.45. The maximum absolute atomic E-state index is 14.8. The first-order valence-corrected chi connectivity index (χ1v) is 40.8. The van der Waals surface area contributed by atoms with Gasteiger partial charge in [0.25, 0.3) is 0 Å². The molecule has 41 nitrogen and oxygen atoms in total. The maximum Gasteiger partial charge on any atom is 0.326 e. The summed E-state index contributed by atoms with van der Waals surface area (Å²) in [4.78, 5) is 241. The van der Waals surface area contributed by atoms with Gasteiger partial charge in [-0.25, -0.2) is 4.79 Å². The van der Waals surface area contributed by atoms with Gasteiger partial charge in [0.15, 0.2) is 5.96 Å². The zero-order valence-corrected chi connectivity index (χ0v) is 68.7. The number of carbonyl (C=O) groups is 17. The quantitative estimate of drug-likeness (QED) is 0.0164. The van der Waals surface area contributed by atoms with Crippen molar-refractivity contribution in [1.29, 1.82) is 0 Å². The summed E-state index contributed by atoms with van der Waals surface area (Å²) in [6, 6.07) is -14.4. The van der Waals surface area contributed by atoms with Gasteiger partial charge in [0.2, 0.25) is 88.6 Å². The van der Waals surface area contributed by atoms with Gasteiger partial charge in [-0.05, 0) is 137 Å². The molecule has 3 fully saturated rings. The van der Waals surface area contributed by atoms with Gasteiger partial charge in [0.1, 0.15) is 84.3 Å². The molecular weight excluding hydrogens is 1550 g/mol. The van der Waals surface area contributed by atoms with E-state index >= 15 is 0 Å². The number of amides is 15. The fraction of sp³-hybridized carbons (Fsp3) is 0.680. The van der Waals surface area contributed by atoms with E-state index in [1.165, 1.54) is 40.9 Å². The van der Waals surface area contributed by atoms with E-state index in [-0.39, 0.29) is 114 Å². The van der Waals surface area contributed by atoms with Crippen LogP contribution in [0.4, 0.5) is 0 Å². The molecule has 42 heteroatoms. The number of aromatic hydroxyl groups is 1. The molecule has 3 aliphatic rings. The third kappa shape index (κ3) is 32.2. The van der Waals surface area contributed by atoms with Crippen LogP contribution in [-0.2, 0) is 87.9 Å². The molecule has 1 aromatic carbocycles. The van der Waals surface area contributed by atoms with Crippen molar-refractivity contribution in [3.63, 3.8) is 0 Å². The first kappa shape index (κ1) is 98.9. The van der Waals surface area contributed by atoms with E-state index in [1.807, 2.05) is 13.8 Å². The normalized spacial score (nSPS) is 18.1. The number of benzene rings is 1. The van der Waals surface area contributed by atoms with Gasteiger partial charge >= 0.3 is 11.9 Å². The van der Waals surface area contributed by atoms with E-state index in [1.54, 1.807) is 47.8 Å². The molecule has 0 unspecified atom stereocenters. The molecule has 117 heavy (non-hydrogen) atoms. The molecule has 0 radical (unpaired) electrons. The van der Waals surface area contributed by atoms with Gasteiger partial charge in [-0.3, -0.25) is 81.7 Å². The molecule has 0 bridgehead atoms. The van der Waals surface area contributed by atoms with Crippen molar-refractivity contribution in [3.8, 4) is 5.75 Å². The zero-order chi connectivity index (χ0) is 87.7. The van der Waals surface area contributed by atoms with Crippen LogP contribution in [0.25, 0.3) is 0 Å². The van der Waals surface area contributed by atoms with E-state index < -0.39 is 242 Å². The number of nitrogens with two attached hydrogens (primary N) is 4. The summed E-state index contributed by atoms with van der Waals surface area (Å²) in [5.41, 5.74) is 22.7. The monoisotopic (exact) mass is 1670 g/mol. The molecule has 15 amide bonds. The van der Waals surface area contributed by atoms with E-state index in [0.29, 0.717) is 24.2 Å². The largest absolute Gasteiger partial charge is 0.508 e. The van der Waals surface area contributed by atoms with Crippen molar-refractivity contribution in [2.45, 2.75) is 243 Å². The molecule has 654 valence electrons. The molecule has 24 N–H and O–H groups in total. The van der Waals surface area contributed by atoms with Gasteiger partial charge in [0, 0.05) is 45.4 Å². The fourth-order valence-electron chi connectivity index (χ4n) is 13.6. The Morgan fingerprint density at radius 1 is 0.487 bits per heavy atom. The number of phenolic OH excluding ortho intramolecular Hbond substituents is 1. The number of carboxylic acids is 2. The number of rotatable bonds is 49. The lowest BCUT2D eigenvalue weighted by atomic mass is 9.99. The van der Waals surface area contributed by atoms with E-state index in [2.05, 4.69) is 63.5 Å². The van der Waals surface area contributed by atoms with Crippen LogP contribution in [0, 0.1) is 23.7 Å². The number of likely N-dealkylation sites (tertiary alicyclic amines) is 3. The summed E-state index contributed by atoms with van der Waals surface area (Å²) >= 11 is 1.30. The predicted molar refractivity (Wildman–Crippen MR) is 425 cm³/mol. The Hall–Kier alpha value is -10.5. The Labute approximate surface area is 683 Å². The molecule has 0 spiro atoms. The number of phenols is 1. The third-order valence-electron chi connectivity index (χ3n) is 19.8. The van der Waals surface area contributed by atoms with Gasteiger partial charge in [-0.2, -0.15) is 11.8 Å². The fourth-order valence-corrected chi connectivity index (χ4v) is 14.1. The van der Waals surface area contributed by atoms with Crippen LogP contribution in [0.1, 0.15) is 157 Å². The SMILES string of the molecule is CSCC[C@H](NC(=O)[C@H](CO)NC(=O)[C@@H]1CCCN1C(=O)[C@H](CO)NC(=O)[C@@H]1CCCN1C(=O)[C@@H](NC(=O)[C@H](CCC(N)=O)NC(=O)[C@H](CC(C)C)NC(=O)[C@H](Cc1ccc(O)cc1)NC(=O)[C@H](CCC(=O)O)NC(=O)[C@@H](NC(=O)[C@@H]1CCCN1C(=O)[C@@H](N)CC(C)C)C(C)C)C(C)C)C(=O)NCC(=O)N[C@@H](CCCN=C(N)N)C(=O)O. The van der Waals surface area contributed by atoms with E-state index in [9.17, 15) is 107 Å². The number of carbonyl (C=O) groups excluding carboxylic acids is 15. The molecule has 1 aromatic rings. The second-order valence-corrected chi connectivity index (χ2v) is 31.9. The second-order valence-electron chi connectivity index (χ2n) is 30.9. The number of aliphatic carboxylic acids is 2. The molecule has 3 saturated heterocycles. The van der Waals surface area contributed by atoms with Crippen molar-refractivity contribution in [1.82, 2.24) is 73.2 Å². The predicted octanol–water partition coefficient (Wildman–Crippen LogP) is -5.39. The highest BCUT2D eigenvalue weighted by atomic mass is 32.2. The smallest absolute Gasteiger partial charge is 0.326 e. The standard InChI is InChI=1S/C75H121N19O22S/c1-38(2)32-44(76)71(112)92-28-11-17-55(92)69(110)90-59(40(5)6)70(111)85-46(23-25-58(100)101)62(103)87-50(34-42-18-20-43(97)21-19-42)65(106)86-49(33-39(3)4)64(105)83-45(22-24-56(77)98)63(104)91-60(41(7)8)73(114)94-30-13-16-54(94)68(109)89-52(37-96)72(113)93-29-12-15-53(93)67(108)88-51(36-95)66(107)84-47(26-31-117-9)61(102)81-35-57(99)82-48(74(115)116)14-10-27-80-75(78)79/h18-21,38-41,44-55,59-60,95-97H,10-17,22-37,76H2,1-9H3,(H2,77,98)(H,81,102)(H,82,99)(H,83,105)(H,84,107)(H,85,111)(H,86,106)(H,87,103)(H,88,108)(H,89,109)(H,90,110)(H,91,104)(H,100,101)(H,115,116)(H4,78,79,80)/t44-,45-,46-,47-,48-,49-,50-,51-,52-,53-,54-,55-,59-,60-/m0/s1. The van der Waals surface area contributed by atoms with Crippen LogP contribution in [0.2, 0.25) is 0 Å². The zero-order valence-electron chi connectivity index (χ0n) is 67.9. The molecule has 0 saturated carbocycles. The van der Waals surface area contributed by atoms with Crippen molar-refractivity contribution in [2.75, 3.05) is 57.9 Å². The van der Waals surface area contributed by atoms with Crippen molar-refractivity contribution in [3.05, 3.63) is 29.8 Å². The number of aliphatic hydroxyl groups is 2. The van der Waals surface area contributed by atoms with Crippen LogP contribution in [0.3, 0.4) is 0 Å². The Morgan fingerprint density at radius 3 is 1.44 bits per heavy atom. The number of aliphatic hydroxyl groups excluding tert-OH is 2. The summed E-state index contributed by atoms with van der Waals surface area (Å²) in [6.45, 7) is 11.1. The Bertz CT molecular complexity index is 3660. The molecule has 3 aliphatic heterocycles. The molecule has 14 atom stereocenters. The van der Waals surface area contributed by atoms with Gasteiger partial charge < -0.3 is 122 Å². The molecule has 3 heterocycles. The minimum absolute atomic E-state index is 0.00171. The van der Waals surface area contributed by atoms with Crippen molar-refractivity contribution in [2.24, 2.45) is 51.6 Å². The molecule has 0 aromatic heterocycles. The average Bonchev–Trinajstić information content (AvgIpc) is 1.84. The molecular formula is C75H121N19O22S. The Balaban J connectivity index is 1.50. The topological polar surface area (TPSA) is 650 Å². The third-order valence-corrected chi connectivity index (χ3v) is 20.5. The maximum atomic E-state index is 14.8. The first-order valence-electron chi connectivity index (χ1n) is 39.4. The van der Waals surface area contributed by atoms with Crippen LogP contribution in [0.15, 0.2) is 29.3 Å². The summed E-state index contributed by atoms with van der Waals surface area (Å²) in [5, 5.41) is 78.1. The number of nitrogens with one attached hydrogen (secondary N) is 11. The summed E-state index contributed by atoms with van der Waals surface area (Å²) in [7, 11) is 0. The first-order chi connectivity index (χ1) is 55.1. The Kier molecular flexibility index (Phi) is 41.3. The molecule has 0 aliphatic carbocycles. The van der Waals surface area contributed by atoms with Crippen LogP contribution < -0.4 is 81.4 Å². The minimum Gasteiger partial charge on any atom is -0.508 e. The number of hydrogen-bond donors (Lipinski definition) is 20. The number of thioether (sulfide) groups is 1. The number of aliphatic imine (C=N–C) groups is 1. The number of carboxylic acid groups (broad SMARTS) is 2. The lowest BCUT2D eigenvalue weighted by Crippen LogP contribution is -2.62. The van der Waals surface area contributed by atoms with Crippen molar-refractivity contribution >= 4 is 118 Å². The summed E-state index contributed by atoms with van der Waals surface area (Å²) < 4.78 is 0. The van der Waals surface area contributed by atoms with Crippen molar-refractivity contribution < 1.29 is 107 Å². The lowest BCUT2D eigenvalue weighted by Gasteiger charge is -2.33. The number of guanidine groups is 1. The number of nitrogens with zero attached hydrogens (tertiary/aromatic N) is 4. The average molecular weight is 1670 g/mol. The van der Waals surface area contributed by atoms with E-state index in [4.69, 9.17) is 22.9 Å². The van der Waals surface area contributed by atoms with E-state index in [0.717, 1.165) is 9.80 Å². The van der Waals surface area contributed by atoms with Gasteiger partial charge in [0.05, 0.1) is 25.8 Å². The summed E-state index contributed by atoms with van der Waals surface area (Å²) in [6.07, 6.45) is 0.852. The number of primary amides is 1. The highest BCUT2D eigenvalue weighted by molar-refractivity contribution is 7.98. The van der Waals surface area contributed by atoms with Gasteiger partial charge in [-0.1, -0.05) is 67.5 Å². The minimum atomic E-state index is -1.71. The Morgan fingerprint density at radius 2 is 0.940 bits per heavy atom. The lowest BCUT2D eigenvalue weighted by molar-refractivity contribution is -0.146. The van der Waals surface area contributed by atoms with Crippen LogP contribution in [0.5, 0.6) is 5.75 Å².